The van der Waals surface area contributed by atoms with E-state index < -0.39 is 5.38 Å². The van der Waals surface area contributed by atoms with Gasteiger partial charge in [-0.2, -0.15) is 13.9 Å². The molecular weight excluding hydrogens is 210 g/mol. The van der Waals surface area contributed by atoms with Crippen molar-refractivity contribution in [2.24, 2.45) is 7.05 Å². The number of nitrogens with zero attached hydrogens (tertiary/aromatic N) is 2. The monoisotopic (exact) mass is 220 g/mol. The SMILES string of the molecule is Cn1nc(C(F)(F)Cl)c2c1CCCC2. The topological polar surface area (TPSA) is 17.8 Å². The number of rotatable bonds is 1. The Balaban J connectivity index is 2.52. The Morgan fingerprint density at radius 3 is 2.64 bits per heavy atom. The molecule has 2 nitrogen and oxygen atoms in total. The first kappa shape index (κ1) is 9.90. The van der Waals surface area contributed by atoms with Gasteiger partial charge in [-0.15, -0.1) is 0 Å². The van der Waals surface area contributed by atoms with Crippen molar-refractivity contribution >= 4 is 11.6 Å². The summed E-state index contributed by atoms with van der Waals surface area (Å²) >= 11 is 5.00. The summed E-state index contributed by atoms with van der Waals surface area (Å²) in [5.41, 5.74) is 1.31. The van der Waals surface area contributed by atoms with Crippen molar-refractivity contribution in [3.05, 3.63) is 17.0 Å². The minimum atomic E-state index is -3.33. The lowest BCUT2D eigenvalue weighted by Crippen LogP contribution is -2.10. The zero-order chi connectivity index (χ0) is 10.3. The van der Waals surface area contributed by atoms with Gasteiger partial charge in [-0.05, 0) is 37.3 Å². The van der Waals surface area contributed by atoms with Crippen LogP contribution >= 0.6 is 11.6 Å². The van der Waals surface area contributed by atoms with Crippen LogP contribution in [0.4, 0.5) is 8.78 Å². The Hall–Kier alpha value is -0.640. The predicted octanol–water partition coefficient (Wildman–Crippen LogP) is 2.59. The van der Waals surface area contributed by atoms with Gasteiger partial charge in [0.1, 0.15) is 0 Å². The summed E-state index contributed by atoms with van der Waals surface area (Å²) in [7, 11) is 1.69. The van der Waals surface area contributed by atoms with Gasteiger partial charge < -0.3 is 0 Å². The molecule has 0 amide bonds. The molecule has 2 rings (SSSR count). The lowest BCUT2D eigenvalue weighted by Gasteiger charge is -2.13. The van der Waals surface area contributed by atoms with Crippen LogP contribution in [0.1, 0.15) is 29.8 Å². The number of halogens is 3. The van der Waals surface area contributed by atoms with Gasteiger partial charge in [0.15, 0.2) is 5.69 Å². The summed E-state index contributed by atoms with van der Waals surface area (Å²) in [6.45, 7) is 0. The molecule has 1 heterocycles. The molecule has 0 aromatic carbocycles. The molecule has 0 bridgehead atoms. The third kappa shape index (κ3) is 1.52. The highest BCUT2D eigenvalue weighted by atomic mass is 35.5. The number of hydrogen-bond donors (Lipinski definition) is 0. The van der Waals surface area contributed by atoms with E-state index in [1.165, 1.54) is 4.68 Å². The van der Waals surface area contributed by atoms with Crippen LogP contribution in [0.25, 0.3) is 0 Å². The first-order chi connectivity index (χ1) is 6.50. The van der Waals surface area contributed by atoms with E-state index in [9.17, 15) is 8.78 Å². The van der Waals surface area contributed by atoms with E-state index in [4.69, 9.17) is 11.6 Å². The van der Waals surface area contributed by atoms with E-state index in [1.807, 2.05) is 0 Å². The fraction of sp³-hybridized carbons (Fsp3) is 0.667. The van der Waals surface area contributed by atoms with Crippen LogP contribution in [0, 0.1) is 0 Å². The summed E-state index contributed by atoms with van der Waals surface area (Å²) in [6, 6.07) is 0. The van der Waals surface area contributed by atoms with Gasteiger partial charge in [0.2, 0.25) is 0 Å². The highest BCUT2D eigenvalue weighted by Gasteiger charge is 2.36. The van der Waals surface area contributed by atoms with Crippen molar-refractivity contribution < 1.29 is 8.78 Å². The van der Waals surface area contributed by atoms with Gasteiger partial charge in [0.05, 0.1) is 0 Å². The molecule has 1 aromatic rings. The fourth-order valence-corrected chi connectivity index (χ4v) is 2.15. The highest BCUT2D eigenvalue weighted by molar-refractivity contribution is 6.21. The molecule has 0 fully saturated rings. The highest BCUT2D eigenvalue weighted by Crippen LogP contribution is 2.37. The standard InChI is InChI=1S/C9H11ClF2N2/c1-14-7-5-3-2-4-6(7)8(13-14)9(10,11)12/h2-5H2,1H3. The van der Waals surface area contributed by atoms with Gasteiger partial charge in [-0.1, -0.05) is 0 Å². The molecule has 0 saturated heterocycles. The van der Waals surface area contributed by atoms with Crippen molar-refractivity contribution in [3.63, 3.8) is 0 Å². The molecule has 0 aliphatic heterocycles. The molecular formula is C9H11ClF2N2. The second-order valence-electron chi connectivity index (χ2n) is 3.60. The Bertz CT molecular complexity index is 354. The van der Waals surface area contributed by atoms with Crippen molar-refractivity contribution in [2.75, 3.05) is 0 Å². The number of fused-ring (bicyclic) bond motifs is 1. The smallest absolute Gasteiger partial charge is 0.272 e. The zero-order valence-corrected chi connectivity index (χ0v) is 8.61. The van der Waals surface area contributed by atoms with Crippen LogP contribution in [0.3, 0.4) is 0 Å². The van der Waals surface area contributed by atoms with Crippen molar-refractivity contribution in [1.82, 2.24) is 9.78 Å². The Labute approximate surface area is 85.9 Å². The lowest BCUT2D eigenvalue weighted by atomic mass is 9.96. The third-order valence-corrected chi connectivity index (χ3v) is 2.81. The summed E-state index contributed by atoms with van der Waals surface area (Å²) < 4.78 is 27.4. The predicted molar refractivity (Wildman–Crippen MR) is 49.6 cm³/mol. The number of hydrogen-bond acceptors (Lipinski definition) is 1. The molecule has 0 unspecified atom stereocenters. The Morgan fingerprint density at radius 2 is 2.00 bits per heavy atom. The molecule has 0 N–H and O–H groups in total. The van der Waals surface area contributed by atoms with E-state index >= 15 is 0 Å². The van der Waals surface area contributed by atoms with Crippen LogP contribution in [0.2, 0.25) is 0 Å². The van der Waals surface area contributed by atoms with Crippen molar-refractivity contribution in [3.8, 4) is 0 Å². The molecule has 78 valence electrons. The molecule has 1 aliphatic rings. The average Bonchev–Trinajstić information content (AvgIpc) is 2.44. The second kappa shape index (κ2) is 3.19. The molecule has 0 saturated carbocycles. The number of alkyl halides is 3. The Kier molecular flexibility index (Phi) is 2.26. The summed E-state index contributed by atoms with van der Waals surface area (Å²) in [4.78, 5) is 0. The van der Waals surface area contributed by atoms with Gasteiger partial charge >= 0.3 is 5.38 Å². The maximum atomic E-state index is 12.9. The van der Waals surface area contributed by atoms with E-state index in [1.54, 1.807) is 7.05 Å². The molecule has 0 atom stereocenters. The van der Waals surface area contributed by atoms with Gasteiger partial charge in [0.25, 0.3) is 0 Å². The normalized spacial score (nSPS) is 16.9. The Morgan fingerprint density at radius 1 is 1.36 bits per heavy atom. The van der Waals surface area contributed by atoms with Gasteiger partial charge in [0, 0.05) is 18.3 Å². The van der Waals surface area contributed by atoms with Crippen LogP contribution < -0.4 is 0 Å². The molecule has 5 heteroatoms. The van der Waals surface area contributed by atoms with Crippen LogP contribution in [-0.4, -0.2) is 9.78 Å². The maximum absolute atomic E-state index is 12.9. The van der Waals surface area contributed by atoms with E-state index in [0.29, 0.717) is 12.0 Å². The number of aryl methyl sites for hydroxylation is 1. The minimum absolute atomic E-state index is 0.253. The van der Waals surface area contributed by atoms with E-state index in [2.05, 4.69) is 5.10 Å². The van der Waals surface area contributed by atoms with Gasteiger partial charge in [-0.25, -0.2) is 0 Å². The maximum Gasteiger partial charge on any atom is 0.366 e. The van der Waals surface area contributed by atoms with Gasteiger partial charge in [-0.3, -0.25) is 4.68 Å². The second-order valence-corrected chi connectivity index (χ2v) is 4.08. The van der Waals surface area contributed by atoms with Crippen LogP contribution in [0.15, 0.2) is 0 Å². The van der Waals surface area contributed by atoms with Crippen LogP contribution in [-0.2, 0) is 25.3 Å². The molecule has 1 aromatic heterocycles. The average molecular weight is 221 g/mol. The van der Waals surface area contributed by atoms with E-state index in [0.717, 1.165) is 25.0 Å². The zero-order valence-electron chi connectivity index (χ0n) is 7.86. The minimum Gasteiger partial charge on any atom is -0.272 e. The molecule has 0 spiro atoms. The molecule has 0 radical (unpaired) electrons. The van der Waals surface area contributed by atoms with Crippen molar-refractivity contribution in [2.45, 2.75) is 31.1 Å². The molecule has 1 aliphatic carbocycles. The molecule has 14 heavy (non-hydrogen) atoms. The largest absolute Gasteiger partial charge is 0.366 e. The first-order valence-corrected chi connectivity index (χ1v) is 5.00. The summed E-state index contributed by atoms with van der Waals surface area (Å²) in [5, 5.41) is 0.468. The summed E-state index contributed by atoms with van der Waals surface area (Å²) in [6.07, 6.45) is 3.48. The van der Waals surface area contributed by atoms with E-state index in [-0.39, 0.29) is 5.69 Å². The summed E-state index contributed by atoms with van der Waals surface area (Å²) in [5.74, 6) is 0. The van der Waals surface area contributed by atoms with Crippen LogP contribution in [0.5, 0.6) is 0 Å². The fourth-order valence-electron chi connectivity index (χ4n) is 2.00. The lowest BCUT2D eigenvalue weighted by molar-refractivity contribution is 0.0881. The first-order valence-electron chi connectivity index (χ1n) is 4.62. The van der Waals surface area contributed by atoms with Crippen molar-refractivity contribution in [1.29, 1.82) is 0 Å². The number of aromatic nitrogens is 2. The quantitative estimate of drug-likeness (QED) is 0.666. The third-order valence-electron chi connectivity index (χ3n) is 2.63.